The van der Waals surface area contributed by atoms with E-state index in [1.54, 1.807) is 48.7 Å². The van der Waals surface area contributed by atoms with E-state index >= 15 is 0 Å². The average molecular weight is 441 g/mol. The van der Waals surface area contributed by atoms with Gasteiger partial charge >= 0.3 is 5.97 Å². The molecular formula is C21H15NO6S2. The summed E-state index contributed by atoms with van der Waals surface area (Å²) in [5.74, 6) is 0.480. The van der Waals surface area contributed by atoms with Crippen molar-refractivity contribution < 1.29 is 27.9 Å². The van der Waals surface area contributed by atoms with Crippen LogP contribution in [0, 0.1) is 0 Å². The van der Waals surface area contributed by atoms with Crippen LogP contribution >= 0.6 is 24.0 Å². The van der Waals surface area contributed by atoms with Crippen LogP contribution in [-0.2, 0) is 11.3 Å². The van der Waals surface area contributed by atoms with Gasteiger partial charge in [-0.25, -0.2) is 4.79 Å². The number of benzene rings is 1. The average Bonchev–Trinajstić information content (AvgIpc) is 3.49. The molecule has 0 unspecified atom stereocenters. The highest BCUT2D eigenvalue weighted by atomic mass is 32.2. The second kappa shape index (κ2) is 8.60. The Morgan fingerprint density at radius 1 is 1.17 bits per heavy atom. The molecule has 152 valence electrons. The molecule has 3 aromatic rings. The van der Waals surface area contributed by atoms with E-state index in [-0.39, 0.29) is 24.0 Å². The molecule has 0 aliphatic carbocycles. The fourth-order valence-electron chi connectivity index (χ4n) is 2.75. The molecule has 0 atom stereocenters. The van der Waals surface area contributed by atoms with Crippen molar-refractivity contribution in [3.8, 4) is 11.5 Å². The van der Waals surface area contributed by atoms with Gasteiger partial charge in [0.1, 0.15) is 10.1 Å². The quantitative estimate of drug-likeness (QED) is 0.239. The monoisotopic (exact) mass is 441 g/mol. The van der Waals surface area contributed by atoms with Gasteiger partial charge in [-0.3, -0.25) is 9.69 Å². The number of thioether (sulfide) groups is 1. The van der Waals surface area contributed by atoms with Crippen LogP contribution in [-0.4, -0.2) is 28.2 Å². The van der Waals surface area contributed by atoms with Crippen LogP contribution < -0.4 is 9.47 Å². The first-order valence-electron chi connectivity index (χ1n) is 8.76. The smallest absolute Gasteiger partial charge is 0.379 e. The van der Waals surface area contributed by atoms with Crippen molar-refractivity contribution in [2.45, 2.75) is 6.54 Å². The molecule has 1 amide bonds. The van der Waals surface area contributed by atoms with E-state index in [9.17, 15) is 9.59 Å². The zero-order chi connectivity index (χ0) is 21.1. The fourth-order valence-corrected chi connectivity index (χ4v) is 4.00. The second-order valence-electron chi connectivity index (χ2n) is 6.12. The van der Waals surface area contributed by atoms with Gasteiger partial charge in [-0.2, -0.15) is 0 Å². The first-order valence-corrected chi connectivity index (χ1v) is 9.99. The summed E-state index contributed by atoms with van der Waals surface area (Å²) >= 11 is 6.55. The van der Waals surface area contributed by atoms with Crippen molar-refractivity contribution >= 4 is 46.3 Å². The van der Waals surface area contributed by atoms with Gasteiger partial charge in [-0.15, -0.1) is 0 Å². The predicted octanol–water partition coefficient (Wildman–Crippen LogP) is 4.50. The molecule has 1 fully saturated rings. The number of furan rings is 2. The Morgan fingerprint density at radius 2 is 1.97 bits per heavy atom. The lowest BCUT2D eigenvalue weighted by Gasteiger charge is -2.12. The number of rotatable bonds is 6. The number of hydrogen-bond donors (Lipinski definition) is 0. The summed E-state index contributed by atoms with van der Waals surface area (Å²) in [5, 5.41) is 0. The Hall–Kier alpha value is -3.30. The lowest BCUT2D eigenvalue weighted by Crippen LogP contribution is -2.27. The van der Waals surface area contributed by atoms with Gasteiger partial charge < -0.3 is 18.3 Å². The zero-order valence-electron chi connectivity index (χ0n) is 15.7. The molecule has 0 N–H and O–H groups in total. The third-order valence-corrected chi connectivity index (χ3v) is 5.56. The second-order valence-corrected chi connectivity index (χ2v) is 7.80. The molecule has 2 aromatic heterocycles. The van der Waals surface area contributed by atoms with Crippen molar-refractivity contribution in [2.75, 3.05) is 7.11 Å². The Morgan fingerprint density at radius 3 is 2.67 bits per heavy atom. The maximum Gasteiger partial charge on any atom is 0.379 e. The standard InChI is InChI=1S/C21H15NO6S2/c1-25-17-10-13(6-7-15(17)28-20(24)16-5-3-9-27-16)11-18-19(23)22(21(29)30-18)12-14-4-2-8-26-14/h2-11H,12H2,1H3. The molecule has 1 aromatic carbocycles. The summed E-state index contributed by atoms with van der Waals surface area (Å²) in [6.07, 6.45) is 4.65. The van der Waals surface area contributed by atoms with E-state index in [1.165, 1.54) is 36.1 Å². The molecule has 9 heteroatoms. The maximum absolute atomic E-state index is 12.7. The van der Waals surface area contributed by atoms with E-state index in [4.69, 9.17) is 30.5 Å². The molecule has 1 saturated heterocycles. The lowest BCUT2D eigenvalue weighted by molar-refractivity contribution is -0.122. The highest BCUT2D eigenvalue weighted by Gasteiger charge is 2.32. The van der Waals surface area contributed by atoms with Crippen molar-refractivity contribution in [3.05, 3.63) is 77.0 Å². The molecule has 1 aliphatic heterocycles. The summed E-state index contributed by atoms with van der Waals surface area (Å²) < 4.78 is 21.5. The zero-order valence-corrected chi connectivity index (χ0v) is 17.3. The number of carbonyl (C=O) groups is 2. The van der Waals surface area contributed by atoms with E-state index < -0.39 is 5.97 Å². The number of amides is 1. The first-order chi connectivity index (χ1) is 14.5. The largest absolute Gasteiger partial charge is 0.493 e. The first kappa shape index (κ1) is 20.0. The van der Waals surface area contributed by atoms with Crippen molar-refractivity contribution in [1.82, 2.24) is 4.90 Å². The van der Waals surface area contributed by atoms with Crippen molar-refractivity contribution in [2.24, 2.45) is 0 Å². The van der Waals surface area contributed by atoms with Crippen LogP contribution in [0.1, 0.15) is 21.9 Å². The molecule has 4 rings (SSSR count). The van der Waals surface area contributed by atoms with Crippen molar-refractivity contribution in [1.29, 1.82) is 0 Å². The minimum Gasteiger partial charge on any atom is -0.493 e. The van der Waals surface area contributed by atoms with Gasteiger partial charge in [0.15, 0.2) is 11.5 Å². The van der Waals surface area contributed by atoms with Crippen LogP contribution in [0.2, 0.25) is 0 Å². The normalized spacial score (nSPS) is 15.1. The van der Waals surface area contributed by atoms with Gasteiger partial charge in [-0.1, -0.05) is 30.0 Å². The number of carbonyl (C=O) groups excluding carboxylic acids is 2. The Balaban J connectivity index is 1.52. The van der Waals surface area contributed by atoms with E-state index in [2.05, 4.69) is 0 Å². The summed E-state index contributed by atoms with van der Waals surface area (Å²) in [6.45, 7) is 0.278. The van der Waals surface area contributed by atoms with Gasteiger partial charge in [0, 0.05) is 0 Å². The molecule has 3 heterocycles. The number of esters is 1. The molecule has 30 heavy (non-hydrogen) atoms. The minimum absolute atomic E-state index is 0.0846. The maximum atomic E-state index is 12.7. The molecular weight excluding hydrogens is 426 g/mol. The van der Waals surface area contributed by atoms with Crippen LogP contribution in [0.4, 0.5) is 0 Å². The number of ether oxygens (including phenoxy) is 2. The van der Waals surface area contributed by atoms with Gasteiger partial charge in [0.2, 0.25) is 5.76 Å². The highest BCUT2D eigenvalue weighted by molar-refractivity contribution is 8.26. The van der Waals surface area contributed by atoms with E-state index in [0.29, 0.717) is 26.3 Å². The van der Waals surface area contributed by atoms with Crippen LogP contribution in [0.15, 0.2) is 68.7 Å². The highest BCUT2D eigenvalue weighted by Crippen LogP contribution is 2.35. The molecule has 0 bridgehead atoms. The summed E-state index contributed by atoms with van der Waals surface area (Å²) in [6, 6.07) is 11.6. The fraction of sp³-hybridized carbons (Fsp3) is 0.0952. The predicted molar refractivity (Wildman–Crippen MR) is 114 cm³/mol. The van der Waals surface area contributed by atoms with E-state index in [0.717, 1.165) is 0 Å². The third kappa shape index (κ3) is 4.17. The molecule has 0 saturated carbocycles. The van der Waals surface area contributed by atoms with Gasteiger partial charge in [0.05, 0.1) is 31.1 Å². The Bertz CT molecular complexity index is 1120. The Kier molecular flexibility index (Phi) is 5.73. The topological polar surface area (TPSA) is 82.1 Å². The molecule has 7 nitrogen and oxygen atoms in total. The lowest BCUT2D eigenvalue weighted by atomic mass is 10.2. The van der Waals surface area contributed by atoms with Crippen LogP contribution in [0.5, 0.6) is 11.5 Å². The van der Waals surface area contributed by atoms with Gasteiger partial charge in [-0.05, 0) is 48.0 Å². The third-order valence-electron chi connectivity index (χ3n) is 4.18. The minimum atomic E-state index is -0.634. The molecule has 1 aliphatic rings. The van der Waals surface area contributed by atoms with E-state index in [1.807, 2.05) is 0 Å². The number of methoxy groups -OCH3 is 1. The van der Waals surface area contributed by atoms with Crippen molar-refractivity contribution in [3.63, 3.8) is 0 Å². The van der Waals surface area contributed by atoms with Crippen LogP contribution in [0.25, 0.3) is 6.08 Å². The number of hydrogen-bond acceptors (Lipinski definition) is 8. The number of nitrogens with zero attached hydrogens (tertiary/aromatic N) is 1. The summed E-state index contributed by atoms with van der Waals surface area (Å²) in [7, 11) is 1.46. The molecule has 0 spiro atoms. The number of thiocarbonyl (C=S) groups is 1. The van der Waals surface area contributed by atoms with Gasteiger partial charge in [0.25, 0.3) is 5.91 Å². The molecule has 0 radical (unpaired) electrons. The Labute approximate surface area is 181 Å². The SMILES string of the molecule is COc1cc(C=C2SC(=S)N(Cc3ccco3)C2=O)ccc1OC(=O)c1ccco1. The van der Waals surface area contributed by atoms with Crippen LogP contribution in [0.3, 0.4) is 0 Å². The summed E-state index contributed by atoms with van der Waals surface area (Å²) in [5.41, 5.74) is 0.697. The summed E-state index contributed by atoms with van der Waals surface area (Å²) in [4.78, 5) is 26.8.